The standard InChI is InChI=1S/C28H41NO2/c1-24(2)12-10-22(20-8-7-17-29-19-20)26(24,4)16-15-25(3)13-11-23(31)27(5)18-21(30)9-14-28(25,27)6/h7-8,10,17,19,21,30H,9,11-16,18H2,1-6H3/t21-,25+,26+,27+,28+/m0/s1. The summed E-state index contributed by atoms with van der Waals surface area (Å²) in [6, 6.07) is 4.23. The predicted octanol–water partition coefficient (Wildman–Crippen LogP) is 6.61. The summed E-state index contributed by atoms with van der Waals surface area (Å²) in [5.41, 5.74) is 2.56. The van der Waals surface area contributed by atoms with E-state index in [-0.39, 0.29) is 27.8 Å². The summed E-state index contributed by atoms with van der Waals surface area (Å²) < 4.78 is 0. The van der Waals surface area contributed by atoms with Crippen molar-refractivity contribution in [3.8, 4) is 0 Å². The van der Waals surface area contributed by atoms with E-state index in [1.807, 2.05) is 18.5 Å². The number of pyridine rings is 1. The second-order valence-corrected chi connectivity index (χ2v) is 12.3. The molecular formula is C28H41NO2. The maximum atomic E-state index is 13.1. The topological polar surface area (TPSA) is 50.2 Å². The molecule has 3 aliphatic rings. The van der Waals surface area contributed by atoms with Gasteiger partial charge in [0.1, 0.15) is 5.78 Å². The van der Waals surface area contributed by atoms with Crippen LogP contribution in [0.2, 0.25) is 0 Å². The number of hydrogen-bond acceptors (Lipinski definition) is 3. The zero-order chi connectivity index (χ0) is 22.7. The van der Waals surface area contributed by atoms with Crippen LogP contribution in [-0.4, -0.2) is 22.0 Å². The number of ketones is 1. The molecule has 2 saturated carbocycles. The van der Waals surface area contributed by atoms with E-state index in [0.29, 0.717) is 18.6 Å². The molecule has 0 bridgehead atoms. The van der Waals surface area contributed by atoms with E-state index < -0.39 is 5.41 Å². The van der Waals surface area contributed by atoms with Gasteiger partial charge in [-0.1, -0.05) is 53.7 Å². The molecule has 1 aromatic rings. The van der Waals surface area contributed by atoms with Gasteiger partial charge in [0.15, 0.2) is 0 Å². The highest BCUT2D eigenvalue weighted by Gasteiger charge is 2.63. The number of Topliss-reactive ketones (excluding diaryl/α,β-unsaturated/α-hetero) is 1. The second kappa shape index (κ2) is 7.27. The fraction of sp³-hybridized carbons (Fsp3) is 0.714. The van der Waals surface area contributed by atoms with Gasteiger partial charge < -0.3 is 5.11 Å². The van der Waals surface area contributed by atoms with Gasteiger partial charge in [-0.15, -0.1) is 0 Å². The van der Waals surface area contributed by atoms with Crippen molar-refractivity contribution in [2.45, 2.75) is 99.0 Å². The number of carbonyl (C=O) groups is 1. The highest BCUT2D eigenvalue weighted by Crippen LogP contribution is 2.68. The minimum atomic E-state index is -0.411. The average molecular weight is 424 g/mol. The van der Waals surface area contributed by atoms with E-state index in [4.69, 9.17) is 0 Å². The molecule has 170 valence electrons. The van der Waals surface area contributed by atoms with E-state index in [9.17, 15) is 9.90 Å². The van der Waals surface area contributed by atoms with Crippen molar-refractivity contribution in [3.05, 3.63) is 36.2 Å². The van der Waals surface area contributed by atoms with Crippen LogP contribution in [0.3, 0.4) is 0 Å². The highest BCUT2D eigenvalue weighted by atomic mass is 16.3. The largest absolute Gasteiger partial charge is 0.393 e. The van der Waals surface area contributed by atoms with Crippen molar-refractivity contribution in [1.82, 2.24) is 4.98 Å². The van der Waals surface area contributed by atoms with Crippen molar-refractivity contribution >= 4 is 11.4 Å². The Balaban J connectivity index is 1.65. The average Bonchev–Trinajstić information content (AvgIpc) is 2.96. The van der Waals surface area contributed by atoms with Crippen LogP contribution in [0.25, 0.3) is 5.57 Å². The molecule has 0 saturated heterocycles. The molecule has 0 aromatic carbocycles. The highest BCUT2D eigenvalue weighted by molar-refractivity contribution is 5.86. The Bertz CT molecular complexity index is 890. The molecule has 1 aromatic heterocycles. The Labute approximate surface area is 188 Å². The van der Waals surface area contributed by atoms with Gasteiger partial charge in [0, 0.05) is 24.2 Å². The first-order valence-corrected chi connectivity index (χ1v) is 12.2. The zero-order valence-electron chi connectivity index (χ0n) is 20.4. The van der Waals surface area contributed by atoms with Crippen LogP contribution in [0.5, 0.6) is 0 Å². The van der Waals surface area contributed by atoms with E-state index in [1.165, 1.54) is 11.1 Å². The molecule has 3 heteroatoms. The van der Waals surface area contributed by atoms with Gasteiger partial charge in [-0.05, 0) is 83.8 Å². The number of hydrogen-bond donors (Lipinski definition) is 1. The van der Waals surface area contributed by atoms with Crippen LogP contribution in [0.1, 0.15) is 98.5 Å². The van der Waals surface area contributed by atoms with Crippen molar-refractivity contribution < 1.29 is 9.90 Å². The SMILES string of the molecule is CC1(C)CC=C(c2cccnc2)[C@@]1(C)CC[C@@]1(C)CCC(=O)[C@@]2(C)C[C@@H](O)CC[C@]12C. The Morgan fingerprint density at radius 2 is 1.84 bits per heavy atom. The number of aliphatic hydroxyl groups excluding tert-OH is 1. The third-order valence-electron chi connectivity index (χ3n) is 10.7. The lowest BCUT2D eigenvalue weighted by Gasteiger charge is -2.63. The molecule has 0 radical (unpaired) electrons. The third kappa shape index (κ3) is 3.17. The van der Waals surface area contributed by atoms with E-state index in [1.54, 1.807) is 0 Å². The maximum Gasteiger partial charge on any atom is 0.139 e. The van der Waals surface area contributed by atoms with Crippen molar-refractivity contribution in [3.63, 3.8) is 0 Å². The Morgan fingerprint density at radius 3 is 2.52 bits per heavy atom. The number of carbonyl (C=O) groups excluding carboxylic acids is 1. The first-order chi connectivity index (χ1) is 14.4. The predicted molar refractivity (Wildman–Crippen MR) is 126 cm³/mol. The molecule has 0 amide bonds. The summed E-state index contributed by atoms with van der Waals surface area (Å²) in [4.78, 5) is 17.5. The van der Waals surface area contributed by atoms with Gasteiger partial charge in [-0.3, -0.25) is 9.78 Å². The molecule has 2 fully saturated rings. The van der Waals surface area contributed by atoms with E-state index >= 15 is 0 Å². The molecule has 3 nitrogen and oxygen atoms in total. The monoisotopic (exact) mass is 423 g/mol. The van der Waals surface area contributed by atoms with Crippen LogP contribution < -0.4 is 0 Å². The number of aromatic nitrogens is 1. The van der Waals surface area contributed by atoms with Gasteiger partial charge >= 0.3 is 0 Å². The molecule has 31 heavy (non-hydrogen) atoms. The summed E-state index contributed by atoms with van der Waals surface area (Å²) in [6.45, 7) is 14.2. The van der Waals surface area contributed by atoms with Gasteiger partial charge in [-0.2, -0.15) is 0 Å². The molecule has 0 unspecified atom stereocenters. The third-order valence-corrected chi connectivity index (χ3v) is 10.7. The van der Waals surface area contributed by atoms with Crippen molar-refractivity contribution in [2.24, 2.45) is 27.1 Å². The maximum absolute atomic E-state index is 13.1. The molecule has 0 aliphatic heterocycles. The van der Waals surface area contributed by atoms with Crippen LogP contribution in [0.15, 0.2) is 30.6 Å². The molecule has 4 rings (SSSR count). The molecular weight excluding hydrogens is 382 g/mol. The number of allylic oxidation sites excluding steroid dienone is 2. The van der Waals surface area contributed by atoms with Crippen LogP contribution in [0, 0.1) is 27.1 Å². The molecule has 1 heterocycles. The first-order valence-electron chi connectivity index (χ1n) is 12.2. The number of rotatable bonds is 4. The van der Waals surface area contributed by atoms with Crippen LogP contribution >= 0.6 is 0 Å². The lowest BCUT2D eigenvalue weighted by Crippen LogP contribution is -2.60. The summed E-state index contributed by atoms with van der Waals surface area (Å²) in [5, 5.41) is 10.4. The van der Waals surface area contributed by atoms with E-state index in [0.717, 1.165) is 38.5 Å². The summed E-state index contributed by atoms with van der Waals surface area (Å²) in [7, 11) is 0. The zero-order valence-corrected chi connectivity index (χ0v) is 20.4. The minimum absolute atomic E-state index is 0.0636. The van der Waals surface area contributed by atoms with Gasteiger partial charge in [0.2, 0.25) is 0 Å². The minimum Gasteiger partial charge on any atom is -0.393 e. The second-order valence-electron chi connectivity index (χ2n) is 12.3. The Kier molecular flexibility index (Phi) is 5.32. The Hall–Kier alpha value is -1.48. The smallest absolute Gasteiger partial charge is 0.139 e. The number of aliphatic hydroxyl groups is 1. The molecule has 1 N–H and O–H groups in total. The number of fused-ring (bicyclic) bond motifs is 1. The fourth-order valence-corrected chi connectivity index (χ4v) is 7.39. The summed E-state index contributed by atoms with van der Waals surface area (Å²) >= 11 is 0. The van der Waals surface area contributed by atoms with E-state index in [2.05, 4.69) is 58.7 Å². The molecule has 5 atom stereocenters. The van der Waals surface area contributed by atoms with Crippen LogP contribution in [-0.2, 0) is 4.79 Å². The Morgan fingerprint density at radius 1 is 1.10 bits per heavy atom. The lowest BCUT2D eigenvalue weighted by molar-refractivity contribution is -0.177. The normalized spacial score (nSPS) is 42.2. The lowest BCUT2D eigenvalue weighted by atomic mass is 9.40. The van der Waals surface area contributed by atoms with Gasteiger partial charge in [0.25, 0.3) is 0 Å². The quantitative estimate of drug-likeness (QED) is 0.593. The fourth-order valence-electron chi connectivity index (χ4n) is 7.39. The first kappa shape index (κ1) is 22.7. The van der Waals surface area contributed by atoms with Crippen molar-refractivity contribution in [1.29, 1.82) is 0 Å². The molecule has 3 aliphatic carbocycles. The van der Waals surface area contributed by atoms with Gasteiger partial charge in [-0.25, -0.2) is 0 Å². The van der Waals surface area contributed by atoms with Gasteiger partial charge in [0.05, 0.1) is 6.10 Å². The summed E-state index contributed by atoms with van der Waals surface area (Å²) in [5.74, 6) is 0.370. The number of nitrogens with zero attached hydrogens (tertiary/aromatic N) is 1. The van der Waals surface area contributed by atoms with Crippen molar-refractivity contribution in [2.75, 3.05) is 0 Å². The molecule has 0 spiro atoms. The summed E-state index contributed by atoms with van der Waals surface area (Å²) in [6.07, 6.45) is 13.3. The van der Waals surface area contributed by atoms with Crippen LogP contribution in [0.4, 0.5) is 0 Å².